The molecule has 1 N–H and O–H groups in total. The van der Waals surface area contributed by atoms with Crippen molar-refractivity contribution in [3.05, 3.63) is 54.2 Å². The van der Waals surface area contributed by atoms with Gasteiger partial charge in [0.1, 0.15) is 22.1 Å². The van der Waals surface area contributed by atoms with Crippen LogP contribution in [0.5, 0.6) is 17.2 Å². The number of rotatable bonds is 9. The van der Waals surface area contributed by atoms with E-state index in [1.165, 1.54) is 26.0 Å². The molecule has 37 heavy (non-hydrogen) atoms. The van der Waals surface area contributed by atoms with Gasteiger partial charge in [-0.3, -0.25) is 9.58 Å². The Balaban J connectivity index is 1.30. The molecule has 10 heteroatoms. The number of benzene rings is 2. The number of nitrogens with one attached hydrogen (secondary N) is 1. The van der Waals surface area contributed by atoms with Crippen molar-refractivity contribution in [2.75, 3.05) is 41.0 Å². The van der Waals surface area contributed by atoms with Gasteiger partial charge < -0.3 is 14.2 Å². The van der Waals surface area contributed by atoms with E-state index in [1.54, 1.807) is 19.2 Å². The zero-order valence-corrected chi connectivity index (χ0v) is 22.5. The van der Waals surface area contributed by atoms with E-state index in [-0.39, 0.29) is 10.9 Å². The molecule has 0 radical (unpaired) electrons. The van der Waals surface area contributed by atoms with E-state index < -0.39 is 10.0 Å². The topological polar surface area (TPSA) is 94.9 Å². The van der Waals surface area contributed by atoms with Crippen LogP contribution in [0.1, 0.15) is 24.5 Å². The molecular formula is C27H34N4O5S. The SMILES string of the molecule is COc1ccc(OC)c(S(=O)(=O)NCC2CC3CCN2CC3c2cc(-c3ccccc3OC)nn2C)c1. The fourth-order valence-corrected chi connectivity index (χ4v) is 7.03. The number of sulfonamides is 1. The summed E-state index contributed by atoms with van der Waals surface area (Å²) in [6.07, 6.45) is 2.02. The number of ether oxygens (including phenoxy) is 3. The summed E-state index contributed by atoms with van der Waals surface area (Å²) in [5.41, 5.74) is 3.09. The van der Waals surface area contributed by atoms with Gasteiger partial charge in [0, 0.05) is 49.4 Å². The van der Waals surface area contributed by atoms with Crippen LogP contribution in [0.2, 0.25) is 0 Å². The van der Waals surface area contributed by atoms with Crippen LogP contribution in [-0.2, 0) is 17.1 Å². The Morgan fingerprint density at radius 1 is 1.03 bits per heavy atom. The molecule has 3 fully saturated rings. The van der Waals surface area contributed by atoms with Crippen LogP contribution in [0, 0.1) is 5.92 Å². The minimum absolute atomic E-state index is 0.0851. The van der Waals surface area contributed by atoms with E-state index in [1.807, 2.05) is 36.0 Å². The number of piperidine rings is 3. The lowest BCUT2D eigenvalue weighted by Crippen LogP contribution is -2.56. The first kappa shape index (κ1) is 25.6. The van der Waals surface area contributed by atoms with E-state index in [0.29, 0.717) is 29.9 Å². The average molecular weight is 527 g/mol. The van der Waals surface area contributed by atoms with Gasteiger partial charge in [0.25, 0.3) is 0 Å². The fourth-order valence-electron chi connectivity index (χ4n) is 5.78. The fraction of sp³-hybridized carbons (Fsp3) is 0.444. The molecule has 0 aliphatic carbocycles. The predicted molar refractivity (Wildman–Crippen MR) is 141 cm³/mol. The first-order valence-corrected chi connectivity index (χ1v) is 14.0. The first-order valence-electron chi connectivity index (χ1n) is 12.5. The van der Waals surface area contributed by atoms with Crippen LogP contribution in [-0.4, -0.2) is 70.1 Å². The Hall–Kier alpha value is -3.08. The quantitative estimate of drug-likeness (QED) is 0.457. The van der Waals surface area contributed by atoms with Crippen LogP contribution in [0.3, 0.4) is 0 Å². The molecular weight excluding hydrogens is 492 g/mol. The minimum Gasteiger partial charge on any atom is -0.497 e. The maximum atomic E-state index is 13.2. The third-order valence-corrected chi connectivity index (χ3v) is 9.17. The summed E-state index contributed by atoms with van der Waals surface area (Å²) >= 11 is 0. The second kappa shape index (κ2) is 10.4. The maximum Gasteiger partial charge on any atom is 0.244 e. The van der Waals surface area contributed by atoms with Crippen molar-refractivity contribution < 1.29 is 22.6 Å². The molecule has 198 valence electrons. The molecule has 3 aliphatic rings. The smallest absolute Gasteiger partial charge is 0.244 e. The molecule has 3 aliphatic heterocycles. The molecule has 6 rings (SSSR count). The number of methoxy groups -OCH3 is 3. The molecule has 0 spiro atoms. The van der Waals surface area contributed by atoms with E-state index in [2.05, 4.69) is 15.7 Å². The minimum atomic E-state index is -3.77. The van der Waals surface area contributed by atoms with Crippen LogP contribution in [0.25, 0.3) is 11.3 Å². The number of aryl methyl sites for hydroxylation is 1. The lowest BCUT2D eigenvalue weighted by Gasteiger charge is -2.49. The van der Waals surface area contributed by atoms with E-state index in [9.17, 15) is 8.42 Å². The Bertz CT molecular complexity index is 1370. The molecule has 2 aromatic carbocycles. The van der Waals surface area contributed by atoms with Gasteiger partial charge in [-0.1, -0.05) is 12.1 Å². The predicted octanol–water partition coefficient (Wildman–Crippen LogP) is 3.27. The largest absolute Gasteiger partial charge is 0.497 e. The number of nitrogens with zero attached hydrogens (tertiary/aromatic N) is 3. The molecule has 0 amide bonds. The molecule has 3 saturated heterocycles. The Morgan fingerprint density at radius 3 is 2.51 bits per heavy atom. The summed E-state index contributed by atoms with van der Waals surface area (Å²) in [5, 5.41) is 4.80. The summed E-state index contributed by atoms with van der Waals surface area (Å²) in [7, 11) is 2.88. The summed E-state index contributed by atoms with van der Waals surface area (Å²) in [5.74, 6) is 2.38. The number of hydrogen-bond donors (Lipinski definition) is 1. The van der Waals surface area contributed by atoms with Crippen LogP contribution < -0.4 is 18.9 Å². The van der Waals surface area contributed by atoms with Gasteiger partial charge >= 0.3 is 0 Å². The number of fused-ring (bicyclic) bond motifs is 3. The van der Waals surface area contributed by atoms with Crippen LogP contribution in [0.4, 0.5) is 0 Å². The molecule has 2 bridgehead atoms. The van der Waals surface area contributed by atoms with E-state index in [0.717, 1.165) is 42.9 Å². The highest BCUT2D eigenvalue weighted by Gasteiger charge is 2.42. The highest BCUT2D eigenvalue weighted by Crippen LogP contribution is 2.43. The molecule has 4 heterocycles. The average Bonchev–Trinajstić information content (AvgIpc) is 3.32. The standard InChI is InChI=1S/C27H34N4O5S/c1-30-24(15-23(29-30)21-7-5-6-8-25(21)35-3)22-17-31-12-11-18(22)13-19(31)16-28-37(32,33)27-14-20(34-2)9-10-26(27)36-4/h5-10,14-15,18-19,22,28H,11-13,16-17H2,1-4H3. The second-order valence-corrected chi connectivity index (χ2v) is 11.4. The first-order chi connectivity index (χ1) is 17.8. The van der Waals surface area contributed by atoms with Gasteiger partial charge in [-0.15, -0.1) is 0 Å². The Morgan fingerprint density at radius 2 is 1.81 bits per heavy atom. The van der Waals surface area contributed by atoms with Crippen molar-refractivity contribution >= 4 is 10.0 Å². The van der Waals surface area contributed by atoms with Gasteiger partial charge in [0.2, 0.25) is 10.0 Å². The molecule has 4 unspecified atom stereocenters. The van der Waals surface area contributed by atoms with Gasteiger partial charge in [-0.05, 0) is 55.6 Å². The van der Waals surface area contributed by atoms with Crippen molar-refractivity contribution in [2.45, 2.75) is 29.7 Å². The zero-order chi connectivity index (χ0) is 26.2. The molecule has 1 aromatic heterocycles. The third kappa shape index (κ3) is 4.93. The summed E-state index contributed by atoms with van der Waals surface area (Å²) < 4.78 is 47.2. The molecule has 3 aromatic rings. The third-order valence-electron chi connectivity index (χ3n) is 7.73. The highest BCUT2D eigenvalue weighted by atomic mass is 32.2. The van der Waals surface area contributed by atoms with Crippen molar-refractivity contribution in [1.82, 2.24) is 19.4 Å². The second-order valence-electron chi connectivity index (χ2n) is 9.69. The maximum absolute atomic E-state index is 13.2. The van der Waals surface area contributed by atoms with Gasteiger partial charge in [-0.25, -0.2) is 13.1 Å². The van der Waals surface area contributed by atoms with Crippen molar-refractivity contribution in [3.8, 4) is 28.5 Å². The molecule has 9 nitrogen and oxygen atoms in total. The van der Waals surface area contributed by atoms with E-state index in [4.69, 9.17) is 19.3 Å². The highest BCUT2D eigenvalue weighted by molar-refractivity contribution is 7.89. The summed E-state index contributed by atoms with van der Waals surface area (Å²) in [6.45, 7) is 2.20. The van der Waals surface area contributed by atoms with Crippen molar-refractivity contribution in [1.29, 1.82) is 0 Å². The number of para-hydroxylation sites is 1. The lowest BCUT2D eigenvalue weighted by atomic mass is 9.74. The summed E-state index contributed by atoms with van der Waals surface area (Å²) in [4.78, 5) is 2.49. The Kier molecular flexibility index (Phi) is 7.15. The van der Waals surface area contributed by atoms with Gasteiger partial charge in [0.15, 0.2) is 0 Å². The summed E-state index contributed by atoms with van der Waals surface area (Å²) in [6, 6.07) is 15.0. The zero-order valence-electron chi connectivity index (χ0n) is 21.7. The van der Waals surface area contributed by atoms with Crippen molar-refractivity contribution in [2.24, 2.45) is 13.0 Å². The van der Waals surface area contributed by atoms with Crippen molar-refractivity contribution in [3.63, 3.8) is 0 Å². The molecule has 4 atom stereocenters. The van der Waals surface area contributed by atoms with Crippen LogP contribution >= 0.6 is 0 Å². The monoisotopic (exact) mass is 526 g/mol. The lowest BCUT2D eigenvalue weighted by molar-refractivity contribution is 0.0306. The van der Waals surface area contributed by atoms with Gasteiger partial charge in [0.05, 0.1) is 27.0 Å². The number of hydrogen-bond acceptors (Lipinski definition) is 7. The number of aromatic nitrogens is 2. The van der Waals surface area contributed by atoms with E-state index >= 15 is 0 Å². The van der Waals surface area contributed by atoms with Crippen LogP contribution in [0.15, 0.2) is 53.4 Å². The normalized spacial score (nSPS) is 23.1. The molecule has 0 saturated carbocycles. The Labute approximate surface area is 218 Å². The van der Waals surface area contributed by atoms with Gasteiger partial charge in [-0.2, -0.15) is 5.10 Å².